The molecule has 0 aliphatic rings. The molecule has 0 unspecified atom stereocenters. The fourth-order valence-electron chi connectivity index (χ4n) is 1.83. The van der Waals surface area contributed by atoms with Crippen LogP contribution in [0.1, 0.15) is 16.1 Å². The van der Waals surface area contributed by atoms with E-state index in [0.717, 1.165) is 5.56 Å². The number of amides is 1. The molecule has 120 valence electrons. The second-order valence-corrected chi connectivity index (χ2v) is 5.12. The molecular formula is C16H15ClN2O4. The predicted octanol–water partition coefficient (Wildman–Crippen LogP) is 2.85. The van der Waals surface area contributed by atoms with E-state index in [-0.39, 0.29) is 5.69 Å². The van der Waals surface area contributed by atoms with Crippen LogP contribution in [0.25, 0.3) is 0 Å². The third-order valence-corrected chi connectivity index (χ3v) is 3.13. The number of pyridine rings is 1. The van der Waals surface area contributed by atoms with Gasteiger partial charge in [-0.2, -0.15) is 0 Å². The van der Waals surface area contributed by atoms with Crippen molar-refractivity contribution in [1.29, 1.82) is 0 Å². The summed E-state index contributed by atoms with van der Waals surface area (Å²) in [6, 6.07) is 8.27. The van der Waals surface area contributed by atoms with Gasteiger partial charge in [0, 0.05) is 11.2 Å². The number of aryl methyl sites for hydroxylation is 1. The van der Waals surface area contributed by atoms with E-state index in [4.69, 9.17) is 21.1 Å². The van der Waals surface area contributed by atoms with Crippen LogP contribution in [0.5, 0.6) is 5.75 Å². The molecular weight excluding hydrogens is 320 g/mol. The summed E-state index contributed by atoms with van der Waals surface area (Å²) in [5, 5.41) is 2.99. The molecule has 0 aliphatic heterocycles. The number of halogens is 1. The molecule has 1 aromatic heterocycles. The van der Waals surface area contributed by atoms with E-state index in [1.54, 1.807) is 12.1 Å². The van der Waals surface area contributed by atoms with E-state index in [1.807, 2.05) is 13.0 Å². The summed E-state index contributed by atoms with van der Waals surface area (Å²) in [6.45, 7) is 1.45. The van der Waals surface area contributed by atoms with Crippen LogP contribution in [0, 0.1) is 6.92 Å². The number of nitrogens with one attached hydrogen (secondary N) is 1. The number of anilines is 1. The highest BCUT2D eigenvalue weighted by Crippen LogP contribution is 2.25. The smallest absolute Gasteiger partial charge is 0.357 e. The van der Waals surface area contributed by atoms with Gasteiger partial charge in [0.25, 0.3) is 5.91 Å². The zero-order chi connectivity index (χ0) is 16.8. The van der Waals surface area contributed by atoms with Gasteiger partial charge < -0.3 is 14.8 Å². The molecule has 0 aliphatic carbocycles. The van der Waals surface area contributed by atoms with Crippen LogP contribution in [0.4, 0.5) is 5.69 Å². The summed E-state index contributed by atoms with van der Waals surface area (Å²) in [5.74, 6) is -0.685. The lowest BCUT2D eigenvalue weighted by molar-refractivity contribution is -0.119. The zero-order valence-electron chi connectivity index (χ0n) is 12.6. The molecule has 1 heterocycles. The van der Waals surface area contributed by atoms with Crippen molar-refractivity contribution in [2.45, 2.75) is 6.92 Å². The topological polar surface area (TPSA) is 77.5 Å². The van der Waals surface area contributed by atoms with E-state index in [1.165, 1.54) is 25.4 Å². The summed E-state index contributed by atoms with van der Waals surface area (Å²) in [6.07, 6.45) is 1.39. The fourth-order valence-corrected chi connectivity index (χ4v) is 1.99. The highest BCUT2D eigenvalue weighted by Gasteiger charge is 2.13. The number of hydrogen-bond acceptors (Lipinski definition) is 5. The Morgan fingerprint density at radius 2 is 2.04 bits per heavy atom. The van der Waals surface area contributed by atoms with Crippen LogP contribution in [0.2, 0.25) is 5.02 Å². The first-order valence-electron chi connectivity index (χ1n) is 6.73. The van der Waals surface area contributed by atoms with Crippen LogP contribution in [-0.4, -0.2) is 30.6 Å². The van der Waals surface area contributed by atoms with Gasteiger partial charge in [0.1, 0.15) is 11.4 Å². The minimum Gasteiger partial charge on any atom is -0.495 e. The zero-order valence-corrected chi connectivity index (χ0v) is 13.4. The first-order chi connectivity index (χ1) is 11.0. The Bertz CT molecular complexity index is 734. The summed E-state index contributed by atoms with van der Waals surface area (Å²) in [4.78, 5) is 27.5. The number of nitrogens with zero attached hydrogens (tertiary/aromatic N) is 1. The van der Waals surface area contributed by atoms with E-state index in [9.17, 15) is 9.59 Å². The first-order valence-corrected chi connectivity index (χ1v) is 7.10. The van der Waals surface area contributed by atoms with Crippen LogP contribution < -0.4 is 10.1 Å². The van der Waals surface area contributed by atoms with Crippen molar-refractivity contribution in [3.63, 3.8) is 0 Å². The van der Waals surface area contributed by atoms with Gasteiger partial charge in [0.2, 0.25) is 0 Å². The standard InChI is InChI=1S/C16H15ClN2O4/c1-10-3-4-14(22-2)12(7-10)19-15(20)9-23-16(21)13-8-11(17)5-6-18-13/h3-8H,9H2,1-2H3,(H,19,20). The van der Waals surface area contributed by atoms with Crippen molar-refractivity contribution in [3.8, 4) is 5.75 Å². The van der Waals surface area contributed by atoms with Crippen molar-refractivity contribution in [1.82, 2.24) is 4.98 Å². The van der Waals surface area contributed by atoms with Gasteiger partial charge in [-0.1, -0.05) is 17.7 Å². The van der Waals surface area contributed by atoms with E-state index in [0.29, 0.717) is 16.5 Å². The maximum Gasteiger partial charge on any atom is 0.357 e. The number of rotatable bonds is 5. The minimum absolute atomic E-state index is 0.0402. The van der Waals surface area contributed by atoms with Gasteiger partial charge in [-0.3, -0.25) is 4.79 Å². The first kappa shape index (κ1) is 16.8. The number of carbonyl (C=O) groups is 2. The summed E-state index contributed by atoms with van der Waals surface area (Å²) in [5.41, 5.74) is 1.51. The molecule has 0 atom stereocenters. The van der Waals surface area contributed by atoms with Crippen molar-refractivity contribution in [3.05, 3.63) is 52.8 Å². The molecule has 0 saturated heterocycles. The quantitative estimate of drug-likeness (QED) is 0.851. The Morgan fingerprint density at radius 1 is 1.26 bits per heavy atom. The average Bonchev–Trinajstić information content (AvgIpc) is 2.53. The highest BCUT2D eigenvalue weighted by molar-refractivity contribution is 6.30. The van der Waals surface area contributed by atoms with Crippen molar-refractivity contribution >= 4 is 29.2 Å². The van der Waals surface area contributed by atoms with Crippen molar-refractivity contribution in [2.24, 2.45) is 0 Å². The lowest BCUT2D eigenvalue weighted by atomic mass is 10.2. The normalized spacial score (nSPS) is 10.0. The monoisotopic (exact) mass is 334 g/mol. The molecule has 1 aromatic carbocycles. The van der Waals surface area contributed by atoms with E-state index in [2.05, 4.69) is 10.3 Å². The Morgan fingerprint density at radius 3 is 2.74 bits per heavy atom. The number of carbonyl (C=O) groups excluding carboxylic acids is 2. The largest absolute Gasteiger partial charge is 0.495 e. The fraction of sp³-hybridized carbons (Fsp3) is 0.188. The molecule has 2 rings (SSSR count). The molecule has 6 nitrogen and oxygen atoms in total. The predicted molar refractivity (Wildman–Crippen MR) is 85.9 cm³/mol. The molecule has 2 aromatic rings. The Labute approximate surface area is 138 Å². The number of benzene rings is 1. The Kier molecular flexibility index (Phi) is 5.54. The molecule has 1 N–H and O–H groups in total. The number of aromatic nitrogens is 1. The van der Waals surface area contributed by atoms with Crippen molar-refractivity contribution < 1.29 is 19.1 Å². The maximum absolute atomic E-state index is 11.9. The molecule has 0 spiro atoms. The summed E-state index contributed by atoms with van der Waals surface area (Å²) >= 11 is 5.77. The molecule has 0 radical (unpaired) electrons. The number of esters is 1. The van der Waals surface area contributed by atoms with Gasteiger partial charge in [0.05, 0.1) is 12.8 Å². The third-order valence-electron chi connectivity index (χ3n) is 2.89. The van der Waals surface area contributed by atoms with Crippen LogP contribution in [0.3, 0.4) is 0 Å². The molecule has 0 saturated carbocycles. The summed E-state index contributed by atoms with van der Waals surface area (Å²) < 4.78 is 10.1. The average molecular weight is 335 g/mol. The van der Waals surface area contributed by atoms with E-state index >= 15 is 0 Å². The number of methoxy groups -OCH3 is 1. The SMILES string of the molecule is COc1ccc(C)cc1NC(=O)COC(=O)c1cc(Cl)ccn1. The molecule has 0 fully saturated rings. The van der Waals surface area contributed by atoms with Gasteiger partial charge in [-0.15, -0.1) is 0 Å². The summed E-state index contributed by atoms with van der Waals surface area (Å²) in [7, 11) is 1.51. The molecule has 7 heteroatoms. The van der Waals surface area contributed by atoms with E-state index < -0.39 is 18.5 Å². The highest BCUT2D eigenvalue weighted by atomic mass is 35.5. The molecule has 23 heavy (non-hydrogen) atoms. The molecule has 1 amide bonds. The van der Waals surface area contributed by atoms with Gasteiger partial charge in [-0.05, 0) is 36.8 Å². The van der Waals surface area contributed by atoms with Gasteiger partial charge in [-0.25, -0.2) is 9.78 Å². The van der Waals surface area contributed by atoms with Crippen LogP contribution in [0.15, 0.2) is 36.5 Å². The number of ether oxygens (including phenoxy) is 2. The van der Waals surface area contributed by atoms with Gasteiger partial charge in [0.15, 0.2) is 6.61 Å². The molecule has 0 bridgehead atoms. The third kappa shape index (κ3) is 4.69. The van der Waals surface area contributed by atoms with Crippen molar-refractivity contribution in [2.75, 3.05) is 19.0 Å². The minimum atomic E-state index is -0.723. The Balaban J connectivity index is 1.95. The second kappa shape index (κ2) is 7.60. The Hall–Kier alpha value is -2.60. The van der Waals surface area contributed by atoms with Gasteiger partial charge >= 0.3 is 5.97 Å². The second-order valence-electron chi connectivity index (χ2n) is 4.69. The number of hydrogen-bond donors (Lipinski definition) is 1. The van der Waals surface area contributed by atoms with Crippen LogP contribution in [-0.2, 0) is 9.53 Å². The van der Waals surface area contributed by atoms with Crippen LogP contribution >= 0.6 is 11.6 Å². The lowest BCUT2D eigenvalue weighted by Gasteiger charge is -2.11. The maximum atomic E-state index is 11.9. The lowest BCUT2D eigenvalue weighted by Crippen LogP contribution is -2.21.